The molecule has 5 rings (SSSR count). The first-order chi connectivity index (χ1) is 20.1. The minimum atomic E-state index is -0.524. The number of aromatic nitrogens is 2. The van der Waals surface area contributed by atoms with Gasteiger partial charge in [0.25, 0.3) is 0 Å². The quantitative estimate of drug-likeness (QED) is 0.360. The number of hydrazone groups is 1. The highest BCUT2D eigenvalue weighted by Crippen LogP contribution is 2.34. The third-order valence-corrected chi connectivity index (χ3v) is 7.76. The van der Waals surface area contributed by atoms with Crippen LogP contribution >= 0.6 is 0 Å². The van der Waals surface area contributed by atoms with E-state index in [1.807, 2.05) is 32.9 Å². The molecule has 2 N–H and O–H groups in total. The van der Waals surface area contributed by atoms with Gasteiger partial charge in [0.1, 0.15) is 11.4 Å². The number of carbonyl (C=O) groups is 2. The molecule has 2 aromatic rings. The first-order valence-corrected chi connectivity index (χ1v) is 15.0. The van der Waals surface area contributed by atoms with Crippen LogP contribution in [0.4, 0.5) is 16.6 Å². The Bertz CT molecular complexity index is 1300. The molecule has 226 valence electrons. The van der Waals surface area contributed by atoms with Crippen molar-refractivity contribution in [3.63, 3.8) is 0 Å². The van der Waals surface area contributed by atoms with Crippen LogP contribution in [0.2, 0.25) is 0 Å². The number of anilines is 2. The molecule has 2 amide bonds. The van der Waals surface area contributed by atoms with Crippen molar-refractivity contribution in [1.82, 2.24) is 20.2 Å². The van der Waals surface area contributed by atoms with Crippen LogP contribution in [0.3, 0.4) is 0 Å². The maximum absolute atomic E-state index is 12.7. The number of hydrogen-bond acceptors (Lipinski definition) is 9. The highest BCUT2D eigenvalue weighted by atomic mass is 16.6. The molecule has 1 aliphatic carbocycles. The second-order valence-electron chi connectivity index (χ2n) is 12.5. The van der Waals surface area contributed by atoms with E-state index < -0.39 is 5.60 Å². The second kappa shape index (κ2) is 13.1. The Morgan fingerprint density at radius 3 is 2.71 bits per heavy atom. The van der Waals surface area contributed by atoms with Crippen LogP contribution in [0, 0.1) is 12.8 Å². The molecule has 0 radical (unpaired) electrons. The van der Waals surface area contributed by atoms with Crippen molar-refractivity contribution in [2.45, 2.75) is 71.4 Å². The van der Waals surface area contributed by atoms with E-state index >= 15 is 0 Å². The molecule has 1 unspecified atom stereocenters. The normalized spacial score (nSPS) is 19.3. The third-order valence-electron chi connectivity index (χ3n) is 7.76. The maximum Gasteiger partial charge on any atom is 0.410 e. The highest BCUT2D eigenvalue weighted by molar-refractivity contribution is 5.80. The van der Waals surface area contributed by atoms with Gasteiger partial charge in [0.15, 0.2) is 0 Å². The van der Waals surface area contributed by atoms with Crippen LogP contribution < -0.4 is 15.6 Å². The molecular formula is C31H43N7O4. The van der Waals surface area contributed by atoms with Crippen molar-refractivity contribution < 1.29 is 19.1 Å². The van der Waals surface area contributed by atoms with E-state index in [0.717, 1.165) is 55.8 Å². The third kappa shape index (κ3) is 7.96. The SMILES string of the molecule is Cc1cccc(/C=N/Nc2nc3c(c(N4CCOCC4)n2)CCC(CCC(=O)NC2CN(C(=O)OC(C)(C)C)C2)C3)c1. The van der Waals surface area contributed by atoms with Gasteiger partial charge in [-0.3, -0.25) is 4.79 Å². The van der Waals surface area contributed by atoms with E-state index in [0.29, 0.717) is 44.6 Å². The number of morpholine rings is 1. The van der Waals surface area contributed by atoms with Gasteiger partial charge in [0.2, 0.25) is 11.9 Å². The molecular weight excluding hydrogens is 534 g/mol. The molecule has 1 aromatic heterocycles. The summed E-state index contributed by atoms with van der Waals surface area (Å²) in [5.74, 6) is 1.84. The maximum atomic E-state index is 12.7. The van der Waals surface area contributed by atoms with Crippen LogP contribution in [-0.2, 0) is 27.1 Å². The summed E-state index contributed by atoms with van der Waals surface area (Å²) in [5.41, 5.74) is 6.94. The minimum Gasteiger partial charge on any atom is -0.444 e. The van der Waals surface area contributed by atoms with E-state index in [9.17, 15) is 9.59 Å². The summed E-state index contributed by atoms with van der Waals surface area (Å²) in [6.07, 6.45) is 5.37. The van der Waals surface area contributed by atoms with E-state index in [1.54, 1.807) is 11.1 Å². The Kier molecular flexibility index (Phi) is 9.25. The molecule has 0 spiro atoms. The van der Waals surface area contributed by atoms with Gasteiger partial charge in [-0.1, -0.05) is 29.8 Å². The predicted octanol–water partition coefficient (Wildman–Crippen LogP) is 3.69. The number of fused-ring (bicyclic) bond motifs is 1. The monoisotopic (exact) mass is 577 g/mol. The van der Waals surface area contributed by atoms with Gasteiger partial charge < -0.3 is 24.6 Å². The molecule has 0 saturated carbocycles. The van der Waals surface area contributed by atoms with Gasteiger partial charge in [0, 0.05) is 38.2 Å². The lowest BCUT2D eigenvalue weighted by Gasteiger charge is -2.40. The molecule has 2 aliphatic heterocycles. The summed E-state index contributed by atoms with van der Waals surface area (Å²) in [6, 6.07) is 8.12. The largest absolute Gasteiger partial charge is 0.444 e. The number of aryl methyl sites for hydroxylation is 1. The fraction of sp³-hybridized carbons (Fsp3) is 0.581. The zero-order chi connectivity index (χ0) is 29.7. The Morgan fingerprint density at radius 2 is 1.98 bits per heavy atom. The molecule has 3 heterocycles. The van der Waals surface area contributed by atoms with Crippen LogP contribution in [0.1, 0.15) is 62.4 Å². The Morgan fingerprint density at radius 1 is 1.19 bits per heavy atom. The zero-order valence-corrected chi connectivity index (χ0v) is 25.2. The van der Waals surface area contributed by atoms with Crippen molar-refractivity contribution in [1.29, 1.82) is 0 Å². The summed E-state index contributed by atoms with van der Waals surface area (Å²) in [5, 5.41) is 7.48. The number of nitrogens with zero attached hydrogens (tertiary/aromatic N) is 5. The summed E-state index contributed by atoms with van der Waals surface area (Å²) in [6.45, 7) is 11.5. The summed E-state index contributed by atoms with van der Waals surface area (Å²) in [7, 11) is 0. The smallest absolute Gasteiger partial charge is 0.410 e. The van der Waals surface area contributed by atoms with E-state index in [-0.39, 0.29) is 18.0 Å². The first-order valence-electron chi connectivity index (χ1n) is 15.0. The van der Waals surface area contributed by atoms with Gasteiger partial charge in [0.05, 0.1) is 31.2 Å². The van der Waals surface area contributed by atoms with Crippen molar-refractivity contribution in [2.24, 2.45) is 11.0 Å². The lowest BCUT2D eigenvalue weighted by molar-refractivity contribution is -0.123. The fourth-order valence-corrected chi connectivity index (χ4v) is 5.59. The molecule has 11 heteroatoms. The Balaban J connectivity index is 1.17. The molecule has 0 bridgehead atoms. The highest BCUT2D eigenvalue weighted by Gasteiger charge is 2.35. The molecule has 11 nitrogen and oxygen atoms in total. The number of likely N-dealkylation sites (tertiary alicyclic amines) is 1. The number of ether oxygens (including phenoxy) is 2. The number of hydrogen-bond donors (Lipinski definition) is 2. The van der Waals surface area contributed by atoms with Crippen LogP contribution in [0.15, 0.2) is 29.4 Å². The standard InChI is InChI=1S/C31H43N7O4/c1-21-6-5-7-23(16-21)18-32-36-29-34-26-17-22(8-10-25(26)28(35-29)37-12-14-41-15-13-37)9-11-27(39)33-24-19-38(20-24)30(40)42-31(2,3)4/h5-7,16,18,22,24H,8-15,17,19-20H2,1-4H3,(H,33,39)(H,34,35,36)/b32-18+. The fourth-order valence-electron chi connectivity index (χ4n) is 5.59. The topological polar surface area (TPSA) is 121 Å². The summed E-state index contributed by atoms with van der Waals surface area (Å²) < 4.78 is 11.0. The second-order valence-corrected chi connectivity index (χ2v) is 12.5. The molecule has 1 aromatic carbocycles. The van der Waals surface area contributed by atoms with E-state index in [2.05, 4.69) is 39.8 Å². The number of rotatable bonds is 8. The van der Waals surface area contributed by atoms with Crippen molar-refractivity contribution in [3.8, 4) is 0 Å². The number of nitrogens with one attached hydrogen (secondary N) is 2. The predicted molar refractivity (Wildman–Crippen MR) is 162 cm³/mol. The van der Waals surface area contributed by atoms with Crippen molar-refractivity contribution in [3.05, 3.63) is 46.6 Å². The number of amides is 2. The first kappa shape index (κ1) is 29.8. The van der Waals surface area contributed by atoms with E-state index in [1.165, 1.54) is 11.1 Å². The van der Waals surface area contributed by atoms with Gasteiger partial charge >= 0.3 is 6.09 Å². The zero-order valence-electron chi connectivity index (χ0n) is 25.2. The van der Waals surface area contributed by atoms with Crippen LogP contribution in [0.25, 0.3) is 0 Å². The number of carbonyl (C=O) groups excluding carboxylic acids is 2. The number of benzene rings is 1. The molecule has 2 saturated heterocycles. The summed E-state index contributed by atoms with van der Waals surface area (Å²) >= 11 is 0. The minimum absolute atomic E-state index is 0.0186. The lowest BCUT2D eigenvalue weighted by atomic mass is 9.84. The molecule has 3 aliphatic rings. The van der Waals surface area contributed by atoms with Crippen LogP contribution in [-0.4, -0.2) is 84.1 Å². The Labute approximate surface area is 248 Å². The Hall–Kier alpha value is -3.73. The van der Waals surface area contributed by atoms with Gasteiger partial charge in [-0.25, -0.2) is 15.2 Å². The molecule has 1 atom stereocenters. The van der Waals surface area contributed by atoms with Crippen LogP contribution in [0.5, 0.6) is 0 Å². The molecule has 2 fully saturated rings. The van der Waals surface area contributed by atoms with E-state index in [4.69, 9.17) is 19.4 Å². The van der Waals surface area contributed by atoms with Gasteiger partial charge in [-0.2, -0.15) is 10.1 Å². The average Bonchev–Trinajstić information content (AvgIpc) is 2.92. The van der Waals surface area contributed by atoms with Gasteiger partial charge in [-0.05, 0) is 64.9 Å². The van der Waals surface area contributed by atoms with Crippen molar-refractivity contribution in [2.75, 3.05) is 49.7 Å². The van der Waals surface area contributed by atoms with Crippen molar-refractivity contribution >= 4 is 30.0 Å². The average molecular weight is 578 g/mol. The van der Waals surface area contributed by atoms with Gasteiger partial charge in [-0.15, -0.1) is 0 Å². The lowest BCUT2D eigenvalue weighted by Crippen LogP contribution is -2.61. The summed E-state index contributed by atoms with van der Waals surface area (Å²) in [4.78, 5) is 38.5. The molecule has 42 heavy (non-hydrogen) atoms.